The van der Waals surface area contributed by atoms with Gasteiger partial charge in [0.2, 0.25) is 0 Å². The van der Waals surface area contributed by atoms with Crippen LogP contribution < -0.4 is 9.47 Å². The van der Waals surface area contributed by atoms with E-state index >= 15 is 0 Å². The van der Waals surface area contributed by atoms with E-state index in [9.17, 15) is 0 Å². The van der Waals surface area contributed by atoms with Gasteiger partial charge < -0.3 is 14.4 Å². The Morgan fingerprint density at radius 1 is 1.05 bits per heavy atom. The van der Waals surface area contributed by atoms with Gasteiger partial charge in [-0.25, -0.2) is 0 Å². The van der Waals surface area contributed by atoms with Gasteiger partial charge >= 0.3 is 0 Å². The summed E-state index contributed by atoms with van der Waals surface area (Å²) in [5, 5.41) is 0. The molecular formula is C19H19NO2. The molecule has 2 heterocycles. The Bertz CT molecular complexity index is 764. The molecule has 0 saturated heterocycles. The van der Waals surface area contributed by atoms with Gasteiger partial charge in [0.15, 0.2) is 0 Å². The molecule has 0 atom stereocenters. The summed E-state index contributed by atoms with van der Waals surface area (Å²) >= 11 is 0. The zero-order valence-electron chi connectivity index (χ0n) is 12.9. The number of fused-ring (bicyclic) bond motifs is 4. The second-order valence-corrected chi connectivity index (χ2v) is 5.75. The molecule has 112 valence electrons. The average Bonchev–Trinajstić information content (AvgIpc) is 2.58. The van der Waals surface area contributed by atoms with Gasteiger partial charge in [0, 0.05) is 29.9 Å². The molecule has 3 nitrogen and oxygen atoms in total. The molecule has 0 amide bonds. The molecule has 22 heavy (non-hydrogen) atoms. The highest BCUT2D eigenvalue weighted by atomic mass is 16.5. The van der Waals surface area contributed by atoms with Crippen molar-refractivity contribution in [1.29, 1.82) is 0 Å². The fourth-order valence-corrected chi connectivity index (χ4v) is 3.45. The van der Waals surface area contributed by atoms with E-state index in [0.717, 1.165) is 31.0 Å². The van der Waals surface area contributed by atoms with Gasteiger partial charge in [-0.3, -0.25) is 0 Å². The van der Waals surface area contributed by atoms with Crippen LogP contribution in [-0.4, -0.2) is 25.7 Å². The Labute approximate surface area is 130 Å². The summed E-state index contributed by atoms with van der Waals surface area (Å²) in [7, 11) is 3.46. The standard InChI is InChI=1S/C19H19NO2/c1-21-15-6-7-16-14(10-15)8-9-20-12-17-13(11-18(16)20)4-3-5-19(17)22-2/h3-7,10-11H,8-9,12H2,1-2H3. The second kappa shape index (κ2) is 5.09. The number of benzene rings is 2. The molecule has 3 heteroatoms. The van der Waals surface area contributed by atoms with Gasteiger partial charge in [0.05, 0.1) is 14.2 Å². The fraction of sp³-hybridized carbons (Fsp3) is 0.263. The average molecular weight is 293 g/mol. The molecule has 2 aromatic rings. The van der Waals surface area contributed by atoms with Gasteiger partial charge in [-0.2, -0.15) is 0 Å². The van der Waals surface area contributed by atoms with Crippen molar-refractivity contribution >= 4 is 11.8 Å². The first-order chi connectivity index (χ1) is 10.8. The monoisotopic (exact) mass is 293 g/mol. The van der Waals surface area contributed by atoms with Crippen molar-refractivity contribution in [1.82, 2.24) is 4.90 Å². The van der Waals surface area contributed by atoms with E-state index in [2.05, 4.69) is 35.2 Å². The minimum Gasteiger partial charge on any atom is -0.497 e. The van der Waals surface area contributed by atoms with Crippen molar-refractivity contribution in [2.75, 3.05) is 20.8 Å². The van der Waals surface area contributed by atoms with Crippen molar-refractivity contribution in [3.8, 4) is 11.5 Å². The van der Waals surface area contributed by atoms with Crippen LogP contribution in [0.25, 0.3) is 11.8 Å². The first kappa shape index (κ1) is 13.3. The van der Waals surface area contributed by atoms with Crippen LogP contribution in [0.2, 0.25) is 0 Å². The van der Waals surface area contributed by atoms with Crippen LogP contribution in [0.5, 0.6) is 11.5 Å². The summed E-state index contributed by atoms with van der Waals surface area (Å²) in [5.74, 6) is 1.92. The normalized spacial score (nSPS) is 15.4. The Hall–Kier alpha value is -2.42. The molecule has 4 rings (SSSR count). The van der Waals surface area contributed by atoms with Crippen LogP contribution in [0.1, 0.15) is 22.3 Å². The number of hydrogen-bond acceptors (Lipinski definition) is 3. The third kappa shape index (κ3) is 1.97. The van der Waals surface area contributed by atoms with E-state index in [4.69, 9.17) is 9.47 Å². The van der Waals surface area contributed by atoms with E-state index in [1.165, 1.54) is 28.0 Å². The van der Waals surface area contributed by atoms with Gasteiger partial charge in [-0.1, -0.05) is 12.1 Å². The van der Waals surface area contributed by atoms with E-state index in [1.54, 1.807) is 14.2 Å². The highest BCUT2D eigenvalue weighted by molar-refractivity contribution is 5.86. The van der Waals surface area contributed by atoms with E-state index < -0.39 is 0 Å². The molecule has 0 aromatic heterocycles. The minimum absolute atomic E-state index is 0.913. The SMILES string of the molecule is COc1ccc2c(c1)CCN1Cc3c(cccc3OC)C=C21. The smallest absolute Gasteiger partial charge is 0.124 e. The second-order valence-electron chi connectivity index (χ2n) is 5.75. The summed E-state index contributed by atoms with van der Waals surface area (Å²) in [4.78, 5) is 2.44. The predicted octanol–water partition coefficient (Wildman–Crippen LogP) is 3.57. The van der Waals surface area contributed by atoms with Gasteiger partial charge in [0.1, 0.15) is 11.5 Å². The maximum Gasteiger partial charge on any atom is 0.124 e. The summed E-state index contributed by atoms with van der Waals surface area (Å²) < 4.78 is 10.9. The largest absolute Gasteiger partial charge is 0.497 e. The Balaban J connectivity index is 1.84. The molecule has 0 N–H and O–H groups in total. The van der Waals surface area contributed by atoms with Gasteiger partial charge in [-0.15, -0.1) is 0 Å². The molecule has 2 aliphatic heterocycles. The van der Waals surface area contributed by atoms with E-state index in [-0.39, 0.29) is 0 Å². The third-order valence-corrected chi connectivity index (χ3v) is 4.61. The number of methoxy groups -OCH3 is 2. The number of hydrogen-bond donors (Lipinski definition) is 0. The summed E-state index contributed by atoms with van der Waals surface area (Å²) in [6.07, 6.45) is 3.33. The molecule has 0 bridgehead atoms. The van der Waals surface area contributed by atoms with Crippen molar-refractivity contribution in [2.24, 2.45) is 0 Å². The zero-order valence-corrected chi connectivity index (χ0v) is 12.9. The van der Waals surface area contributed by atoms with Crippen LogP contribution in [0.4, 0.5) is 0 Å². The summed E-state index contributed by atoms with van der Waals surface area (Å²) in [5.41, 5.74) is 6.54. The number of ether oxygens (including phenoxy) is 2. The van der Waals surface area contributed by atoms with Crippen molar-refractivity contribution in [3.63, 3.8) is 0 Å². The Kier molecular flexibility index (Phi) is 3.07. The lowest BCUT2D eigenvalue weighted by Crippen LogP contribution is -2.31. The lowest BCUT2D eigenvalue weighted by Gasteiger charge is -2.37. The molecule has 0 spiro atoms. The number of nitrogens with zero attached hydrogens (tertiary/aromatic N) is 1. The zero-order chi connectivity index (χ0) is 15.1. The van der Waals surface area contributed by atoms with Crippen LogP contribution in [0.15, 0.2) is 36.4 Å². The maximum atomic E-state index is 5.52. The predicted molar refractivity (Wildman–Crippen MR) is 88.0 cm³/mol. The Morgan fingerprint density at radius 2 is 1.95 bits per heavy atom. The first-order valence-electron chi connectivity index (χ1n) is 7.60. The van der Waals surface area contributed by atoms with Gasteiger partial charge in [-0.05, 0) is 47.9 Å². The molecule has 2 aromatic carbocycles. The molecule has 0 aliphatic carbocycles. The summed E-state index contributed by atoms with van der Waals surface area (Å²) in [6.45, 7) is 1.94. The van der Waals surface area contributed by atoms with Gasteiger partial charge in [0.25, 0.3) is 0 Å². The lowest BCUT2D eigenvalue weighted by molar-refractivity contribution is 0.359. The summed E-state index contributed by atoms with van der Waals surface area (Å²) in [6, 6.07) is 12.7. The topological polar surface area (TPSA) is 21.7 Å². The number of rotatable bonds is 2. The van der Waals surface area contributed by atoms with Crippen LogP contribution in [0, 0.1) is 0 Å². The van der Waals surface area contributed by atoms with Crippen molar-refractivity contribution in [2.45, 2.75) is 13.0 Å². The van der Waals surface area contributed by atoms with Crippen molar-refractivity contribution < 1.29 is 9.47 Å². The lowest BCUT2D eigenvalue weighted by atomic mass is 9.90. The molecule has 0 radical (unpaired) electrons. The maximum absolute atomic E-state index is 5.52. The highest BCUT2D eigenvalue weighted by Gasteiger charge is 2.26. The first-order valence-corrected chi connectivity index (χ1v) is 7.60. The highest BCUT2D eigenvalue weighted by Crippen LogP contribution is 2.39. The third-order valence-electron chi connectivity index (χ3n) is 4.61. The molecule has 0 fully saturated rings. The van der Waals surface area contributed by atoms with Crippen LogP contribution >= 0.6 is 0 Å². The van der Waals surface area contributed by atoms with Crippen LogP contribution in [-0.2, 0) is 13.0 Å². The van der Waals surface area contributed by atoms with E-state index in [1.807, 2.05) is 12.1 Å². The molecule has 2 aliphatic rings. The van der Waals surface area contributed by atoms with E-state index in [0.29, 0.717) is 0 Å². The molecular weight excluding hydrogens is 274 g/mol. The molecule has 0 saturated carbocycles. The quantitative estimate of drug-likeness (QED) is 0.845. The minimum atomic E-state index is 0.913. The van der Waals surface area contributed by atoms with Crippen molar-refractivity contribution in [3.05, 3.63) is 58.7 Å². The molecule has 0 unspecified atom stereocenters. The Morgan fingerprint density at radius 3 is 2.77 bits per heavy atom. The van der Waals surface area contributed by atoms with Crippen LogP contribution in [0.3, 0.4) is 0 Å². The fourth-order valence-electron chi connectivity index (χ4n) is 3.45.